The average Bonchev–Trinajstić information content (AvgIpc) is 2.71. The van der Waals surface area contributed by atoms with Crippen LogP contribution < -0.4 is 15.4 Å². The molecule has 0 radical (unpaired) electrons. The van der Waals surface area contributed by atoms with E-state index in [4.69, 9.17) is 0 Å². The molecule has 2 aromatic rings. The van der Waals surface area contributed by atoms with Gasteiger partial charge in [0.2, 0.25) is 0 Å². The smallest absolute Gasteiger partial charge is 0.405 e. The molecule has 0 aliphatic carbocycles. The summed E-state index contributed by atoms with van der Waals surface area (Å²) >= 11 is 0. The maximum absolute atomic E-state index is 12.6. The molecule has 0 heterocycles. The monoisotopic (exact) mass is 436 g/mol. The number of para-hydroxylation sites is 1. The Balaban J connectivity index is 2.01. The Labute approximate surface area is 180 Å². The Morgan fingerprint density at radius 1 is 1.10 bits per heavy atom. The number of hydrogen-bond donors (Lipinski definition) is 2. The number of carbonyl (C=O) groups is 1. The number of amides is 1. The molecule has 31 heavy (non-hydrogen) atoms. The fourth-order valence-electron chi connectivity index (χ4n) is 2.81. The number of benzene rings is 2. The Morgan fingerprint density at radius 2 is 1.84 bits per heavy atom. The number of rotatable bonds is 8. The van der Waals surface area contributed by atoms with Gasteiger partial charge in [-0.3, -0.25) is 4.79 Å². The van der Waals surface area contributed by atoms with Crippen molar-refractivity contribution in [3.05, 3.63) is 65.2 Å². The lowest BCUT2D eigenvalue weighted by atomic mass is 10.1. The molecule has 0 atom stereocenters. The van der Waals surface area contributed by atoms with Crippen molar-refractivity contribution in [2.24, 2.45) is 4.99 Å². The number of alkyl halides is 3. The predicted octanol–water partition coefficient (Wildman–Crippen LogP) is 3.58. The van der Waals surface area contributed by atoms with Gasteiger partial charge in [0.15, 0.2) is 5.96 Å². The second-order valence-corrected chi connectivity index (χ2v) is 6.93. The lowest BCUT2D eigenvalue weighted by Crippen LogP contribution is -2.38. The van der Waals surface area contributed by atoms with Crippen molar-refractivity contribution in [1.82, 2.24) is 15.5 Å². The lowest BCUT2D eigenvalue weighted by molar-refractivity contribution is -0.274. The van der Waals surface area contributed by atoms with Crippen LogP contribution in [0.5, 0.6) is 5.75 Å². The zero-order valence-electron chi connectivity index (χ0n) is 17.8. The maximum atomic E-state index is 12.6. The Morgan fingerprint density at radius 3 is 2.52 bits per heavy atom. The molecule has 0 saturated carbocycles. The van der Waals surface area contributed by atoms with Gasteiger partial charge in [-0.2, -0.15) is 0 Å². The summed E-state index contributed by atoms with van der Waals surface area (Å²) in [4.78, 5) is 18.0. The summed E-state index contributed by atoms with van der Waals surface area (Å²) in [7, 11) is 3.40. The first kappa shape index (κ1) is 24.0. The standard InChI is InChI=1S/C22H27F3N4O2/c1-4-26-21(28-15-18-9-5-6-11-19(18)31-22(23,24)25)27-13-12-16-8-7-10-17(14-16)20(30)29(2)3/h5-11,14H,4,12-13,15H2,1-3H3,(H2,26,27,28). The zero-order valence-corrected chi connectivity index (χ0v) is 17.8. The van der Waals surface area contributed by atoms with E-state index in [1.54, 1.807) is 32.3 Å². The summed E-state index contributed by atoms with van der Waals surface area (Å²) < 4.78 is 41.8. The molecule has 0 bridgehead atoms. The highest BCUT2D eigenvalue weighted by Crippen LogP contribution is 2.26. The van der Waals surface area contributed by atoms with Gasteiger partial charge in [-0.05, 0) is 37.1 Å². The number of aliphatic imine (C=N–C) groups is 1. The minimum Gasteiger partial charge on any atom is -0.405 e. The topological polar surface area (TPSA) is 66.0 Å². The van der Waals surface area contributed by atoms with Crippen LogP contribution >= 0.6 is 0 Å². The van der Waals surface area contributed by atoms with Crippen molar-refractivity contribution in [3.63, 3.8) is 0 Å². The normalized spacial score (nSPS) is 11.7. The molecular weight excluding hydrogens is 409 g/mol. The minimum atomic E-state index is -4.76. The van der Waals surface area contributed by atoms with E-state index < -0.39 is 6.36 Å². The molecule has 2 N–H and O–H groups in total. The van der Waals surface area contributed by atoms with Crippen LogP contribution in [0, 0.1) is 0 Å². The van der Waals surface area contributed by atoms with Gasteiger partial charge in [-0.1, -0.05) is 30.3 Å². The van der Waals surface area contributed by atoms with Crippen LogP contribution in [0.4, 0.5) is 13.2 Å². The summed E-state index contributed by atoms with van der Waals surface area (Å²) in [6.07, 6.45) is -4.11. The van der Waals surface area contributed by atoms with Crippen LogP contribution in [-0.4, -0.2) is 50.3 Å². The van der Waals surface area contributed by atoms with E-state index in [1.165, 1.54) is 17.0 Å². The average molecular weight is 436 g/mol. The van der Waals surface area contributed by atoms with Crippen molar-refractivity contribution >= 4 is 11.9 Å². The third-order valence-corrected chi connectivity index (χ3v) is 4.24. The predicted molar refractivity (Wildman–Crippen MR) is 114 cm³/mol. The number of guanidine groups is 1. The molecule has 2 rings (SSSR count). The number of nitrogens with zero attached hydrogens (tertiary/aromatic N) is 2. The molecule has 0 saturated heterocycles. The van der Waals surface area contributed by atoms with E-state index in [0.717, 1.165) is 5.56 Å². The second-order valence-electron chi connectivity index (χ2n) is 6.93. The minimum absolute atomic E-state index is 0.0222. The molecule has 2 aromatic carbocycles. The summed E-state index contributed by atoms with van der Waals surface area (Å²) in [6.45, 7) is 3.05. The van der Waals surface area contributed by atoms with E-state index in [1.807, 2.05) is 25.1 Å². The fourth-order valence-corrected chi connectivity index (χ4v) is 2.81. The summed E-state index contributed by atoms with van der Waals surface area (Å²) in [5, 5.41) is 6.23. The Hall–Kier alpha value is -3.23. The van der Waals surface area contributed by atoms with Gasteiger partial charge in [0.1, 0.15) is 5.75 Å². The largest absolute Gasteiger partial charge is 0.573 e. The van der Waals surface area contributed by atoms with Gasteiger partial charge in [-0.15, -0.1) is 13.2 Å². The van der Waals surface area contributed by atoms with Gasteiger partial charge in [0, 0.05) is 38.3 Å². The van der Waals surface area contributed by atoms with Gasteiger partial charge in [0.25, 0.3) is 5.91 Å². The van der Waals surface area contributed by atoms with E-state index in [-0.39, 0.29) is 18.2 Å². The maximum Gasteiger partial charge on any atom is 0.573 e. The van der Waals surface area contributed by atoms with Crippen LogP contribution in [0.2, 0.25) is 0 Å². The first-order chi connectivity index (χ1) is 14.7. The van der Waals surface area contributed by atoms with Gasteiger partial charge < -0.3 is 20.3 Å². The van der Waals surface area contributed by atoms with Crippen LogP contribution in [-0.2, 0) is 13.0 Å². The summed E-state index contributed by atoms with van der Waals surface area (Å²) in [6, 6.07) is 13.3. The molecule has 0 aliphatic heterocycles. The molecule has 168 valence electrons. The number of hydrogen-bond acceptors (Lipinski definition) is 3. The van der Waals surface area contributed by atoms with Crippen LogP contribution in [0.3, 0.4) is 0 Å². The second kappa shape index (κ2) is 11.2. The lowest BCUT2D eigenvalue weighted by Gasteiger charge is -2.14. The molecule has 1 amide bonds. The van der Waals surface area contributed by atoms with Crippen molar-refractivity contribution in [1.29, 1.82) is 0 Å². The number of halogens is 3. The molecule has 0 fully saturated rings. The Bertz CT molecular complexity index is 898. The van der Waals surface area contributed by atoms with Crippen molar-refractivity contribution in [2.45, 2.75) is 26.3 Å². The highest BCUT2D eigenvalue weighted by atomic mass is 19.4. The van der Waals surface area contributed by atoms with E-state index in [2.05, 4.69) is 20.4 Å². The molecule has 0 aromatic heterocycles. The molecular formula is C22H27F3N4O2. The van der Waals surface area contributed by atoms with Crippen LogP contribution in [0.1, 0.15) is 28.4 Å². The SMILES string of the molecule is CCNC(=NCc1ccccc1OC(F)(F)F)NCCc1cccc(C(=O)N(C)C)c1. The van der Waals surface area contributed by atoms with E-state index in [0.29, 0.717) is 36.6 Å². The third kappa shape index (κ3) is 8.19. The number of ether oxygens (including phenoxy) is 1. The highest BCUT2D eigenvalue weighted by Gasteiger charge is 2.31. The molecule has 0 unspecified atom stereocenters. The van der Waals surface area contributed by atoms with Crippen LogP contribution in [0.15, 0.2) is 53.5 Å². The summed E-state index contributed by atoms with van der Waals surface area (Å²) in [5.74, 6) is 0.145. The van der Waals surface area contributed by atoms with Gasteiger partial charge in [0.05, 0.1) is 6.54 Å². The van der Waals surface area contributed by atoms with Crippen molar-refractivity contribution in [3.8, 4) is 5.75 Å². The highest BCUT2D eigenvalue weighted by molar-refractivity contribution is 5.94. The van der Waals surface area contributed by atoms with E-state index in [9.17, 15) is 18.0 Å². The van der Waals surface area contributed by atoms with Crippen molar-refractivity contribution < 1.29 is 22.7 Å². The molecule has 9 heteroatoms. The van der Waals surface area contributed by atoms with Crippen LogP contribution in [0.25, 0.3) is 0 Å². The Kier molecular flexibility index (Phi) is 8.72. The first-order valence-electron chi connectivity index (χ1n) is 9.86. The summed E-state index contributed by atoms with van der Waals surface area (Å²) in [5.41, 5.74) is 1.93. The number of nitrogens with one attached hydrogen (secondary N) is 2. The van der Waals surface area contributed by atoms with Crippen molar-refractivity contribution in [2.75, 3.05) is 27.2 Å². The first-order valence-corrected chi connectivity index (χ1v) is 9.86. The molecule has 6 nitrogen and oxygen atoms in total. The zero-order chi connectivity index (χ0) is 22.9. The quantitative estimate of drug-likeness (QED) is 0.490. The fraction of sp³-hybridized carbons (Fsp3) is 0.364. The van der Waals surface area contributed by atoms with Gasteiger partial charge >= 0.3 is 6.36 Å². The van der Waals surface area contributed by atoms with Gasteiger partial charge in [-0.25, -0.2) is 4.99 Å². The van der Waals surface area contributed by atoms with E-state index >= 15 is 0 Å². The number of carbonyl (C=O) groups excluding carboxylic acids is 1. The molecule has 0 aliphatic rings. The third-order valence-electron chi connectivity index (χ3n) is 4.24. The molecule has 0 spiro atoms.